The van der Waals surface area contributed by atoms with Crippen LogP contribution >= 0.6 is 0 Å². The maximum Gasteiger partial charge on any atom is 0.352 e. The summed E-state index contributed by atoms with van der Waals surface area (Å²) in [5.74, 6) is -0.826. The molecule has 1 aromatic carbocycles. The summed E-state index contributed by atoms with van der Waals surface area (Å²) in [4.78, 5) is 11.3. The summed E-state index contributed by atoms with van der Waals surface area (Å²) >= 11 is 0. The fourth-order valence-corrected chi connectivity index (χ4v) is 2.90. The molecule has 0 aliphatic heterocycles. The molecule has 1 N–H and O–H groups in total. The number of aromatic nitrogens is 1. The maximum absolute atomic E-state index is 11.3. The zero-order valence-corrected chi connectivity index (χ0v) is 9.60. The molecule has 17 heavy (non-hydrogen) atoms. The van der Waals surface area contributed by atoms with Gasteiger partial charge in [0, 0.05) is 16.9 Å². The Bertz CT molecular complexity index is 565. The second-order valence-electron chi connectivity index (χ2n) is 4.70. The summed E-state index contributed by atoms with van der Waals surface area (Å²) in [5.41, 5.74) is 1.48. The van der Waals surface area contributed by atoms with Crippen molar-refractivity contribution in [3.05, 3.63) is 36.0 Å². The van der Waals surface area contributed by atoms with E-state index in [1.54, 1.807) is 6.07 Å². The van der Waals surface area contributed by atoms with Crippen LogP contribution < -0.4 is 0 Å². The maximum atomic E-state index is 11.3. The lowest BCUT2D eigenvalue weighted by atomic mass is 10.2. The lowest BCUT2D eigenvalue weighted by Gasteiger charge is -2.15. The van der Waals surface area contributed by atoms with Crippen molar-refractivity contribution in [2.75, 3.05) is 0 Å². The minimum absolute atomic E-state index is 0.362. The highest BCUT2D eigenvalue weighted by atomic mass is 16.4. The third-order valence-corrected chi connectivity index (χ3v) is 3.66. The number of carboxylic acids is 1. The summed E-state index contributed by atoms with van der Waals surface area (Å²) in [6, 6.07) is 10.1. The fraction of sp³-hybridized carbons (Fsp3) is 0.357. The van der Waals surface area contributed by atoms with Crippen LogP contribution in [0.2, 0.25) is 0 Å². The van der Waals surface area contributed by atoms with Crippen LogP contribution in [0.4, 0.5) is 0 Å². The van der Waals surface area contributed by atoms with Crippen molar-refractivity contribution in [1.82, 2.24) is 4.57 Å². The van der Waals surface area contributed by atoms with Gasteiger partial charge in [-0.05, 0) is 25.0 Å². The summed E-state index contributed by atoms with van der Waals surface area (Å²) in [6.07, 6.45) is 4.60. The Labute approximate surface area is 99.7 Å². The van der Waals surface area contributed by atoms with Gasteiger partial charge in [-0.2, -0.15) is 0 Å². The van der Waals surface area contributed by atoms with Crippen LogP contribution in [-0.2, 0) is 0 Å². The number of hydrogen-bond donors (Lipinski definition) is 1. The number of carbonyl (C=O) groups is 1. The molecule has 3 nitrogen and oxygen atoms in total. The van der Waals surface area contributed by atoms with Gasteiger partial charge in [0.2, 0.25) is 0 Å². The van der Waals surface area contributed by atoms with E-state index in [4.69, 9.17) is 0 Å². The van der Waals surface area contributed by atoms with E-state index in [9.17, 15) is 9.90 Å². The van der Waals surface area contributed by atoms with Crippen LogP contribution in [0.25, 0.3) is 10.9 Å². The average Bonchev–Trinajstić information content (AvgIpc) is 2.94. The van der Waals surface area contributed by atoms with Gasteiger partial charge in [0.1, 0.15) is 5.69 Å². The second kappa shape index (κ2) is 3.91. The molecule has 88 valence electrons. The van der Waals surface area contributed by atoms with Crippen molar-refractivity contribution in [3.63, 3.8) is 0 Å². The number of carboxylic acid groups (broad SMARTS) is 1. The zero-order chi connectivity index (χ0) is 11.8. The fourth-order valence-electron chi connectivity index (χ4n) is 2.90. The molecule has 0 amide bonds. The van der Waals surface area contributed by atoms with Crippen LogP contribution in [0.15, 0.2) is 30.3 Å². The van der Waals surface area contributed by atoms with Gasteiger partial charge in [-0.25, -0.2) is 4.79 Å². The molecular formula is C14H15NO2. The number of hydrogen-bond acceptors (Lipinski definition) is 1. The minimum Gasteiger partial charge on any atom is -0.477 e. The average molecular weight is 229 g/mol. The molecule has 0 spiro atoms. The first-order valence-corrected chi connectivity index (χ1v) is 6.10. The standard InChI is InChI=1S/C14H15NO2/c16-14(17)13-9-10-5-1-4-8-12(10)15(13)11-6-2-3-7-11/h1,4-5,8-9,11H,2-3,6-7H2,(H,16,17). The summed E-state index contributed by atoms with van der Waals surface area (Å²) in [5, 5.41) is 10.3. The normalized spacial score (nSPS) is 16.7. The quantitative estimate of drug-likeness (QED) is 0.856. The van der Waals surface area contributed by atoms with Crippen LogP contribution in [0, 0.1) is 0 Å². The Hall–Kier alpha value is -1.77. The van der Waals surface area contributed by atoms with Crippen molar-refractivity contribution in [3.8, 4) is 0 Å². The molecule has 1 aliphatic rings. The highest BCUT2D eigenvalue weighted by Crippen LogP contribution is 2.34. The predicted octanol–water partition coefficient (Wildman–Crippen LogP) is 3.45. The van der Waals surface area contributed by atoms with Crippen molar-refractivity contribution < 1.29 is 9.90 Å². The number of nitrogens with zero attached hydrogens (tertiary/aromatic N) is 1. The molecule has 0 saturated heterocycles. The van der Waals surface area contributed by atoms with E-state index in [2.05, 4.69) is 0 Å². The molecule has 0 unspecified atom stereocenters. The largest absolute Gasteiger partial charge is 0.477 e. The Kier molecular flexibility index (Phi) is 2.39. The zero-order valence-electron chi connectivity index (χ0n) is 9.60. The molecule has 1 aliphatic carbocycles. The van der Waals surface area contributed by atoms with Gasteiger partial charge in [0.25, 0.3) is 0 Å². The summed E-state index contributed by atoms with van der Waals surface area (Å²) in [7, 11) is 0. The van der Waals surface area contributed by atoms with Gasteiger partial charge in [0.05, 0.1) is 0 Å². The number of aromatic carboxylic acids is 1. The van der Waals surface area contributed by atoms with Crippen LogP contribution in [0.3, 0.4) is 0 Å². The number of benzene rings is 1. The monoisotopic (exact) mass is 229 g/mol. The third-order valence-electron chi connectivity index (χ3n) is 3.66. The SMILES string of the molecule is O=C(O)c1cc2ccccc2n1C1CCCC1. The van der Waals surface area contributed by atoms with E-state index < -0.39 is 5.97 Å². The van der Waals surface area contributed by atoms with E-state index in [0.717, 1.165) is 23.7 Å². The Morgan fingerprint density at radius 1 is 1.24 bits per heavy atom. The second-order valence-corrected chi connectivity index (χ2v) is 4.70. The van der Waals surface area contributed by atoms with Gasteiger partial charge in [0.15, 0.2) is 0 Å². The van der Waals surface area contributed by atoms with Crippen LogP contribution in [0.5, 0.6) is 0 Å². The van der Waals surface area contributed by atoms with Gasteiger partial charge >= 0.3 is 5.97 Å². The minimum atomic E-state index is -0.826. The van der Waals surface area contributed by atoms with Gasteiger partial charge in [-0.1, -0.05) is 31.0 Å². The first-order chi connectivity index (χ1) is 8.27. The number of fused-ring (bicyclic) bond motifs is 1. The Morgan fingerprint density at radius 3 is 2.65 bits per heavy atom. The first-order valence-electron chi connectivity index (χ1n) is 6.10. The van der Waals surface area contributed by atoms with Crippen LogP contribution in [0.1, 0.15) is 42.2 Å². The highest BCUT2D eigenvalue weighted by molar-refractivity contribution is 5.94. The molecule has 0 atom stereocenters. The summed E-state index contributed by atoms with van der Waals surface area (Å²) in [6.45, 7) is 0. The summed E-state index contributed by atoms with van der Waals surface area (Å²) < 4.78 is 2.02. The molecule has 1 aromatic heterocycles. The van der Waals surface area contributed by atoms with E-state index in [1.165, 1.54) is 12.8 Å². The molecule has 1 saturated carbocycles. The van der Waals surface area contributed by atoms with E-state index >= 15 is 0 Å². The van der Waals surface area contributed by atoms with Crippen molar-refractivity contribution >= 4 is 16.9 Å². The van der Waals surface area contributed by atoms with E-state index in [-0.39, 0.29) is 0 Å². The topological polar surface area (TPSA) is 42.2 Å². The van der Waals surface area contributed by atoms with Gasteiger partial charge < -0.3 is 9.67 Å². The molecule has 0 bridgehead atoms. The van der Waals surface area contributed by atoms with E-state index in [0.29, 0.717) is 11.7 Å². The predicted molar refractivity (Wildman–Crippen MR) is 66.4 cm³/mol. The molecule has 1 heterocycles. The van der Waals surface area contributed by atoms with Crippen molar-refractivity contribution in [2.24, 2.45) is 0 Å². The van der Waals surface area contributed by atoms with Crippen molar-refractivity contribution in [2.45, 2.75) is 31.7 Å². The van der Waals surface area contributed by atoms with Gasteiger partial charge in [-0.3, -0.25) is 0 Å². The smallest absolute Gasteiger partial charge is 0.352 e. The van der Waals surface area contributed by atoms with Crippen molar-refractivity contribution in [1.29, 1.82) is 0 Å². The Balaban J connectivity index is 2.24. The molecule has 3 heteroatoms. The van der Waals surface area contributed by atoms with Crippen LogP contribution in [-0.4, -0.2) is 15.6 Å². The molecule has 1 fully saturated rings. The third kappa shape index (κ3) is 1.62. The molecule has 2 aromatic rings. The first kappa shape index (κ1) is 10.4. The lowest BCUT2D eigenvalue weighted by molar-refractivity contribution is 0.0683. The molecular weight excluding hydrogens is 214 g/mol. The number of rotatable bonds is 2. The highest BCUT2D eigenvalue weighted by Gasteiger charge is 2.23. The number of para-hydroxylation sites is 1. The Morgan fingerprint density at radius 2 is 1.94 bits per heavy atom. The molecule has 0 radical (unpaired) electrons. The van der Waals surface area contributed by atoms with E-state index in [1.807, 2.05) is 28.8 Å². The van der Waals surface area contributed by atoms with Gasteiger partial charge in [-0.15, -0.1) is 0 Å². The molecule has 3 rings (SSSR count). The lowest BCUT2D eigenvalue weighted by Crippen LogP contribution is -2.12.